The van der Waals surface area contributed by atoms with Crippen LogP contribution in [0.1, 0.15) is 38.8 Å². The van der Waals surface area contributed by atoms with E-state index in [1.165, 1.54) is 12.1 Å². The quantitative estimate of drug-likeness (QED) is 0.653. The Bertz CT molecular complexity index is 726. The fraction of sp³-hybridized carbons (Fsp3) is 0.588. The van der Waals surface area contributed by atoms with Gasteiger partial charge in [0.25, 0.3) is 0 Å². The predicted octanol–water partition coefficient (Wildman–Crippen LogP) is 0.992. The van der Waals surface area contributed by atoms with Gasteiger partial charge in [0.15, 0.2) is 0 Å². The number of primary sulfonamides is 1. The first-order valence-corrected chi connectivity index (χ1v) is 9.98. The SMILES string of the molecule is CC(NC(=O)C(C)N1CCC(C)(CN)C1)c1ccc(S(N)(=O)=O)cc1.Cl. The fourth-order valence-electron chi connectivity index (χ4n) is 3.09. The maximum Gasteiger partial charge on any atom is 0.238 e. The monoisotopic (exact) mass is 404 g/mol. The lowest BCUT2D eigenvalue weighted by Gasteiger charge is -2.27. The molecule has 0 spiro atoms. The van der Waals surface area contributed by atoms with E-state index in [1.807, 2.05) is 13.8 Å². The number of carbonyl (C=O) groups excluding carboxylic acids is 1. The van der Waals surface area contributed by atoms with E-state index in [0.29, 0.717) is 6.54 Å². The molecule has 1 aliphatic heterocycles. The van der Waals surface area contributed by atoms with Crippen LogP contribution in [0.25, 0.3) is 0 Å². The van der Waals surface area contributed by atoms with Crippen molar-refractivity contribution in [1.29, 1.82) is 0 Å². The second kappa shape index (κ2) is 8.67. The average molecular weight is 405 g/mol. The van der Waals surface area contributed by atoms with Crippen molar-refractivity contribution < 1.29 is 13.2 Å². The molecule has 2 rings (SSSR count). The van der Waals surface area contributed by atoms with Gasteiger partial charge >= 0.3 is 0 Å². The molecule has 7 nitrogen and oxygen atoms in total. The summed E-state index contributed by atoms with van der Waals surface area (Å²) in [7, 11) is -3.71. The van der Waals surface area contributed by atoms with Crippen LogP contribution < -0.4 is 16.2 Å². The van der Waals surface area contributed by atoms with Crippen LogP contribution in [-0.4, -0.2) is 44.9 Å². The van der Waals surface area contributed by atoms with Crippen molar-refractivity contribution in [2.24, 2.45) is 16.3 Å². The van der Waals surface area contributed by atoms with Crippen molar-refractivity contribution >= 4 is 28.3 Å². The zero-order valence-corrected chi connectivity index (χ0v) is 17.1. The molecule has 0 bridgehead atoms. The van der Waals surface area contributed by atoms with E-state index in [2.05, 4.69) is 17.1 Å². The number of hydrogen-bond donors (Lipinski definition) is 3. The Labute approximate surface area is 162 Å². The summed E-state index contributed by atoms with van der Waals surface area (Å²) in [5, 5.41) is 8.08. The number of halogens is 1. The van der Waals surface area contributed by atoms with E-state index in [9.17, 15) is 13.2 Å². The Morgan fingerprint density at radius 1 is 1.31 bits per heavy atom. The van der Waals surface area contributed by atoms with E-state index < -0.39 is 10.0 Å². The molecule has 3 unspecified atom stereocenters. The third kappa shape index (κ3) is 5.40. The molecular formula is C17H29ClN4O3S. The van der Waals surface area contributed by atoms with Crippen LogP contribution in [0.2, 0.25) is 0 Å². The minimum Gasteiger partial charge on any atom is -0.348 e. The molecule has 0 radical (unpaired) electrons. The van der Waals surface area contributed by atoms with E-state index in [4.69, 9.17) is 10.9 Å². The number of likely N-dealkylation sites (tertiary alicyclic amines) is 1. The summed E-state index contributed by atoms with van der Waals surface area (Å²) in [5.74, 6) is -0.0516. The van der Waals surface area contributed by atoms with Gasteiger partial charge in [-0.05, 0) is 56.5 Å². The first-order valence-electron chi connectivity index (χ1n) is 8.43. The number of sulfonamides is 1. The Morgan fingerprint density at radius 3 is 2.35 bits per heavy atom. The normalized spacial score (nSPS) is 23.1. The summed E-state index contributed by atoms with van der Waals surface area (Å²) in [5.41, 5.74) is 6.72. The van der Waals surface area contributed by atoms with Gasteiger partial charge in [0.1, 0.15) is 0 Å². The number of hydrogen-bond acceptors (Lipinski definition) is 5. The summed E-state index contributed by atoms with van der Waals surface area (Å²) in [6, 6.07) is 5.76. The highest BCUT2D eigenvalue weighted by Gasteiger charge is 2.36. The third-order valence-corrected chi connectivity index (χ3v) is 6.00. The van der Waals surface area contributed by atoms with Crippen LogP contribution in [0.3, 0.4) is 0 Å². The molecule has 1 aromatic rings. The standard InChI is InChI=1S/C17H28N4O3S.ClH/c1-12(14-4-6-15(7-5-14)25(19,23)24)20-16(22)13(2)21-9-8-17(3,10-18)11-21;/h4-7,12-13H,8-11,18H2,1-3H3,(H,20,22)(H2,19,23,24);1H. The lowest BCUT2D eigenvalue weighted by molar-refractivity contribution is -0.126. The number of carbonyl (C=O) groups is 1. The topological polar surface area (TPSA) is 119 Å². The first kappa shape index (κ1) is 22.9. The highest BCUT2D eigenvalue weighted by atomic mass is 35.5. The van der Waals surface area contributed by atoms with Crippen molar-refractivity contribution in [3.8, 4) is 0 Å². The molecule has 1 aromatic carbocycles. The summed E-state index contributed by atoms with van der Waals surface area (Å²) in [6.07, 6.45) is 0.992. The maximum absolute atomic E-state index is 12.5. The molecule has 0 saturated carbocycles. The molecule has 148 valence electrons. The van der Waals surface area contributed by atoms with Gasteiger partial charge in [0, 0.05) is 6.54 Å². The zero-order valence-electron chi connectivity index (χ0n) is 15.4. The zero-order chi connectivity index (χ0) is 18.8. The van der Waals surface area contributed by atoms with Crippen LogP contribution in [-0.2, 0) is 14.8 Å². The Hall–Kier alpha value is -1.19. The maximum atomic E-state index is 12.5. The highest BCUT2D eigenvalue weighted by Crippen LogP contribution is 2.29. The summed E-state index contributed by atoms with van der Waals surface area (Å²) in [6.45, 7) is 8.20. The minimum atomic E-state index is -3.71. The van der Waals surface area contributed by atoms with Crippen molar-refractivity contribution in [2.45, 2.75) is 44.2 Å². The molecule has 1 aliphatic rings. The van der Waals surface area contributed by atoms with Gasteiger partial charge in [0.2, 0.25) is 15.9 Å². The average Bonchev–Trinajstić information content (AvgIpc) is 2.96. The summed E-state index contributed by atoms with van der Waals surface area (Å²) < 4.78 is 22.6. The Kier molecular flexibility index (Phi) is 7.62. The molecule has 26 heavy (non-hydrogen) atoms. The predicted molar refractivity (Wildman–Crippen MR) is 104 cm³/mol. The van der Waals surface area contributed by atoms with Crippen LogP contribution in [0.4, 0.5) is 0 Å². The molecular weight excluding hydrogens is 376 g/mol. The fourth-order valence-corrected chi connectivity index (χ4v) is 3.60. The lowest BCUT2D eigenvalue weighted by Crippen LogP contribution is -2.45. The summed E-state index contributed by atoms with van der Waals surface area (Å²) in [4.78, 5) is 14.7. The van der Waals surface area contributed by atoms with Crippen molar-refractivity contribution in [2.75, 3.05) is 19.6 Å². The molecule has 1 saturated heterocycles. The third-order valence-electron chi connectivity index (χ3n) is 5.07. The molecule has 0 aliphatic carbocycles. The van der Waals surface area contributed by atoms with Gasteiger partial charge < -0.3 is 11.1 Å². The molecule has 1 fully saturated rings. The van der Waals surface area contributed by atoms with Gasteiger partial charge in [-0.15, -0.1) is 12.4 Å². The van der Waals surface area contributed by atoms with Crippen molar-refractivity contribution in [3.63, 3.8) is 0 Å². The Morgan fingerprint density at radius 2 is 1.88 bits per heavy atom. The molecule has 3 atom stereocenters. The van der Waals surface area contributed by atoms with E-state index in [1.54, 1.807) is 12.1 Å². The number of nitrogens with one attached hydrogen (secondary N) is 1. The second-order valence-electron chi connectivity index (χ2n) is 7.26. The largest absolute Gasteiger partial charge is 0.348 e. The van der Waals surface area contributed by atoms with Crippen LogP contribution in [0.5, 0.6) is 0 Å². The number of nitrogens with two attached hydrogens (primary N) is 2. The molecule has 9 heteroatoms. The van der Waals surface area contributed by atoms with Gasteiger partial charge in [0.05, 0.1) is 17.0 Å². The summed E-state index contributed by atoms with van der Waals surface area (Å²) >= 11 is 0. The van der Waals surface area contributed by atoms with E-state index in [0.717, 1.165) is 25.1 Å². The van der Waals surface area contributed by atoms with E-state index in [-0.39, 0.29) is 40.7 Å². The van der Waals surface area contributed by atoms with Gasteiger partial charge in [-0.25, -0.2) is 13.6 Å². The molecule has 0 aromatic heterocycles. The molecule has 1 heterocycles. The van der Waals surface area contributed by atoms with Crippen LogP contribution in [0.15, 0.2) is 29.2 Å². The number of amides is 1. The van der Waals surface area contributed by atoms with Gasteiger partial charge in [-0.3, -0.25) is 9.69 Å². The minimum absolute atomic E-state index is 0. The molecule has 5 N–H and O–H groups in total. The second-order valence-corrected chi connectivity index (χ2v) is 8.82. The van der Waals surface area contributed by atoms with Gasteiger partial charge in [-0.1, -0.05) is 19.1 Å². The first-order chi connectivity index (χ1) is 11.6. The molecule has 1 amide bonds. The number of nitrogens with zero attached hydrogens (tertiary/aromatic N) is 1. The van der Waals surface area contributed by atoms with Crippen LogP contribution in [0, 0.1) is 5.41 Å². The number of benzene rings is 1. The smallest absolute Gasteiger partial charge is 0.238 e. The van der Waals surface area contributed by atoms with Crippen molar-refractivity contribution in [1.82, 2.24) is 10.2 Å². The highest BCUT2D eigenvalue weighted by molar-refractivity contribution is 7.89. The van der Waals surface area contributed by atoms with E-state index >= 15 is 0 Å². The van der Waals surface area contributed by atoms with Gasteiger partial charge in [-0.2, -0.15) is 0 Å². The lowest BCUT2D eigenvalue weighted by atomic mass is 9.90. The Balaban J connectivity index is 0.00000338. The van der Waals surface area contributed by atoms with Crippen molar-refractivity contribution in [3.05, 3.63) is 29.8 Å². The van der Waals surface area contributed by atoms with Crippen LogP contribution >= 0.6 is 12.4 Å². The number of rotatable bonds is 6.